The lowest BCUT2D eigenvalue weighted by molar-refractivity contribution is 0.587. The first-order valence-corrected chi connectivity index (χ1v) is 6.77. The van der Waals surface area contributed by atoms with Crippen molar-refractivity contribution in [2.24, 2.45) is 0 Å². The molecule has 2 aromatic rings. The molecule has 0 aliphatic rings. The Bertz CT molecular complexity index is 537. The predicted molar refractivity (Wildman–Crippen MR) is 62.5 cm³/mol. The Morgan fingerprint density at radius 1 is 1.19 bits per heavy atom. The van der Waals surface area contributed by atoms with Crippen LogP contribution in [0.2, 0.25) is 0 Å². The Hall–Kier alpha value is -1.44. The highest BCUT2D eigenvalue weighted by Gasteiger charge is 2.12. The van der Waals surface area contributed by atoms with Crippen LogP contribution in [0.15, 0.2) is 46.8 Å². The van der Waals surface area contributed by atoms with E-state index >= 15 is 0 Å². The fraction of sp³-hybridized carbons (Fsp3) is 0. The number of benzene rings is 1. The van der Waals surface area contributed by atoms with E-state index in [1.54, 1.807) is 29.8 Å². The van der Waals surface area contributed by atoms with Crippen LogP contribution in [-0.2, 0) is 10.0 Å². The van der Waals surface area contributed by atoms with E-state index in [2.05, 4.69) is 15.2 Å². The van der Waals surface area contributed by atoms with Crippen molar-refractivity contribution in [2.45, 2.75) is 4.90 Å². The number of thiazole rings is 1. The smallest absolute Gasteiger partial charge is 0.257 e. The van der Waals surface area contributed by atoms with Gasteiger partial charge in [-0.1, -0.05) is 18.2 Å². The summed E-state index contributed by atoms with van der Waals surface area (Å²) in [6, 6.07) is 8.13. The minimum atomic E-state index is -3.53. The van der Waals surface area contributed by atoms with E-state index in [9.17, 15) is 8.42 Å². The lowest BCUT2D eigenvalue weighted by Gasteiger charge is -2.06. The van der Waals surface area contributed by atoms with Crippen molar-refractivity contribution < 1.29 is 8.42 Å². The number of hydrazine groups is 1. The number of anilines is 1. The maximum atomic E-state index is 11.7. The van der Waals surface area contributed by atoms with Gasteiger partial charge in [-0.3, -0.25) is 5.43 Å². The molecule has 0 bridgehead atoms. The van der Waals surface area contributed by atoms with Crippen molar-refractivity contribution >= 4 is 26.5 Å². The normalized spacial score (nSPS) is 11.2. The van der Waals surface area contributed by atoms with E-state index in [0.717, 1.165) is 0 Å². The van der Waals surface area contributed by atoms with Crippen molar-refractivity contribution in [1.29, 1.82) is 0 Å². The zero-order chi connectivity index (χ0) is 11.4. The molecular formula is C9H9N3O2S2. The third-order valence-corrected chi connectivity index (χ3v) is 3.73. The highest BCUT2D eigenvalue weighted by atomic mass is 32.2. The Morgan fingerprint density at radius 2 is 1.94 bits per heavy atom. The first kappa shape index (κ1) is 11.1. The van der Waals surface area contributed by atoms with Crippen LogP contribution in [0.1, 0.15) is 0 Å². The molecule has 5 nitrogen and oxygen atoms in total. The largest absolute Gasteiger partial charge is 0.283 e. The lowest BCUT2D eigenvalue weighted by atomic mass is 10.4. The van der Waals surface area contributed by atoms with Gasteiger partial charge in [0.25, 0.3) is 10.0 Å². The van der Waals surface area contributed by atoms with Crippen molar-refractivity contribution in [1.82, 2.24) is 9.82 Å². The Morgan fingerprint density at radius 3 is 2.56 bits per heavy atom. The van der Waals surface area contributed by atoms with Gasteiger partial charge in [0, 0.05) is 11.6 Å². The number of sulfonamides is 1. The molecule has 0 aliphatic carbocycles. The summed E-state index contributed by atoms with van der Waals surface area (Å²) in [5, 5.41) is 2.25. The summed E-state index contributed by atoms with van der Waals surface area (Å²) in [6.45, 7) is 0. The van der Waals surface area contributed by atoms with Crippen LogP contribution >= 0.6 is 11.3 Å². The second-order valence-corrected chi connectivity index (χ2v) is 5.46. The summed E-state index contributed by atoms with van der Waals surface area (Å²) in [5.41, 5.74) is 2.53. The SMILES string of the molecule is O=S(=O)(NNc1nccs1)c1ccccc1. The van der Waals surface area contributed by atoms with Crippen molar-refractivity contribution in [3.63, 3.8) is 0 Å². The second kappa shape index (κ2) is 4.60. The van der Waals surface area contributed by atoms with Crippen molar-refractivity contribution in [3.05, 3.63) is 41.9 Å². The number of nitrogens with zero attached hydrogens (tertiary/aromatic N) is 1. The number of hydrogen-bond acceptors (Lipinski definition) is 5. The van der Waals surface area contributed by atoms with Gasteiger partial charge >= 0.3 is 0 Å². The van der Waals surface area contributed by atoms with Gasteiger partial charge in [-0.05, 0) is 12.1 Å². The number of rotatable bonds is 4. The maximum absolute atomic E-state index is 11.7. The van der Waals surface area contributed by atoms with E-state index < -0.39 is 10.0 Å². The van der Waals surface area contributed by atoms with Crippen LogP contribution in [0.3, 0.4) is 0 Å². The highest BCUT2D eigenvalue weighted by molar-refractivity contribution is 7.89. The van der Waals surface area contributed by atoms with Crippen LogP contribution in [0.25, 0.3) is 0 Å². The number of hydrogen-bond donors (Lipinski definition) is 2. The first-order chi connectivity index (χ1) is 7.68. The van der Waals surface area contributed by atoms with Gasteiger partial charge in [-0.15, -0.1) is 16.2 Å². The molecule has 2 rings (SSSR count). The average Bonchev–Trinajstić information content (AvgIpc) is 2.81. The van der Waals surface area contributed by atoms with Gasteiger partial charge in [0.1, 0.15) is 0 Å². The number of nitrogens with one attached hydrogen (secondary N) is 2. The highest BCUT2D eigenvalue weighted by Crippen LogP contribution is 2.11. The van der Waals surface area contributed by atoms with Gasteiger partial charge in [-0.25, -0.2) is 13.4 Å². The standard InChI is InChI=1S/C9H9N3O2S2/c13-16(14,8-4-2-1-3-5-8)12-11-9-10-6-7-15-9/h1-7,12H,(H,10,11). The maximum Gasteiger partial charge on any atom is 0.257 e. The van der Waals surface area contributed by atoms with Crippen molar-refractivity contribution in [2.75, 3.05) is 5.43 Å². The minimum absolute atomic E-state index is 0.207. The Balaban J connectivity index is 2.10. The summed E-state index contributed by atoms with van der Waals surface area (Å²) in [4.78, 5) is 6.35. The summed E-state index contributed by atoms with van der Waals surface area (Å²) in [7, 11) is -3.53. The first-order valence-electron chi connectivity index (χ1n) is 4.41. The average molecular weight is 255 g/mol. The third-order valence-electron chi connectivity index (χ3n) is 1.78. The van der Waals surface area contributed by atoms with E-state index in [1.807, 2.05) is 0 Å². The molecule has 1 aromatic carbocycles. The fourth-order valence-electron chi connectivity index (χ4n) is 1.05. The van der Waals surface area contributed by atoms with Crippen LogP contribution in [0, 0.1) is 0 Å². The molecule has 84 valence electrons. The molecule has 0 fully saturated rings. The minimum Gasteiger partial charge on any atom is -0.283 e. The quantitative estimate of drug-likeness (QED) is 0.811. The zero-order valence-electron chi connectivity index (χ0n) is 8.12. The molecule has 0 spiro atoms. The second-order valence-electron chi connectivity index (χ2n) is 2.88. The topological polar surface area (TPSA) is 71.1 Å². The Labute approximate surface area is 97.2 Å². The van der Waals surface area contributed by atoms with Crippen LogP contribution in [-0.4, -0.2) is 13.4 Å². The molecule has 1 heterocycles. The molecule has 0 radical (unpaired) electrons. The van der Waals surface area contributed by atoms with Gasteiger partial charge in [-0.2, -0.15) is 0 Å². The van der Waals surface area contributed by atoms with E-state index in [4.69, 9.17) is 0 Å². The van der Waals surface area contributed by atoms with Gasteiger partial charge in [0.05, 0.1) is 4.90 Å². The van der Waals surface area contributed by atoms with E-state index in [-0.39, 0.29) is 4.90 Å². The monoisotopic (exact) mass is 255 g/mol. The molecular weight excluding hydrogens is 246 g/mol. The molecule has 7 heteroatoms. The van der Waals surface area contributed by atoms with Gasteiger partial charge in [0.15, 0.2) is 5.13 Å². The molecule has 0 atom stereocenters. The predicted octanol–water partition coefficient (Wildman–Crippen LogP) is 1.45. The van der Waals surface area contributed by atoms with E-state index in [0.29, 0.717) is 5.13 Å². The number of aromatic nitrogens is 1. The van der Waals surface area contributed by atoms with Crippen LogP contribution < -0.4 is 10.3 Å². The third kappa shape index (κ3) is 2.57. The molecule has 0 saturated carbocycles. The summed E-state index contributed by atoms with van der Waals surface area (Å²) >= 11 is 1.31. The molecule has 2 N–H and O–H groups in total. The molecule has 0 saturated heterocycles. The fourth-order valence-corrected chi connectivity index (χ4v) is 2.47. The molecule has 16 heavy (non-hydrogen) atoms. The Kier molecular flexibility index (Phi) is 3.18. The van der Waals surface area contributed by atoms with E-state index in [1.165, 1.54) is 23.5 Å². The van der Waals surface area contributed by atoms with Crippen LogP contribution in [0.4, 0.5) is 5.13 Å². The van der Waals surface area contributed by atoms with Crippen LogP contribution in [0.5, 0.6) is 0 Å². The van der Waals surface area contributed by atoms with Gasteiger partial charge < -0.3 is 0 Å². The lowest BCUT2D eigenvalue weighted by Crippen LogP contribution is -2.29. The molecule has 1 aromatic heterocycles. The van der Waals surface area contributed by atoms with Gasteiger partial charge in [0.2, 0.25) is 0 Å². The van der Waals surface area contributed by atoms with Crippen molar-refractivity contribution in [3.8, 4) is 0 Å². The molecule has 0 aliphatic heterocycles. The molecule has 0 amide bonds. The summed E-state index contributed by atoms with van der Waals surface area (Å²) in [6.07, 6.45) is 1.59. The molecule has 0 unspecified atom stereocenters. The summed E-state index contributed by atoms with van der Waals surface area (Å²) in [5.74, 6) is 0. The summed E-state index contributed by atoms with van der Waals surface area (Å²) < 4.78 is 23.5. The zero-order valence-corrected chi connectivity index (χ0v) is 9.75.